The molecule has 0 heterocycles. The Morgan fingerprint density at radius 3 is 2.45 bits per heavy atom. The lowest BCUT2D eigenvalue weighted by molar-refractivity contribution is -0.104. The number of hydrogen-bond acceptors (Lipinski definition) is 2. The lowest BCUT2D eigenvalue weighted by Gasteiger charge is -2.11. The molecule has 11 heavy (non-hydrogen) atoms. The van der Waals surface area contributed by atoms with Crippen molar-refractivity contribution in [2.45, 2.75) is 33.3 Å². The van der Waals surface area contributed by atoms with E-state index in [1.807, 2.05) is 13.8 Å². The molecule has 0 radical (unpaired) electrons. The Labute approximate surface area is 67.9 Å². The Hall–Kier alpha value is -0.630. The van der Waals surface area contributed by atoms with Crippen molar-refractivity contribution < 1.29 is 9.90 Å². The quantitative estimate of drug-likeness (QED) is 0.495. The summed E-state index contributed by atoms with van der Waals surface area (Å²) in [7, 11) is 0. The maximum absolute atomic E-state index is 10.1. The van der Waals surface area contributed by atoms with Gasteiger partial charge in [-0.3, -0.25) is 4.79 Å². The molecule has 0 spiro atoms. The first-order chi connectivity index (χ1) is 5.07. The van der Waals surface area contributed by atoms with Crippen LogP contribution in [0.5, 0.6) is 0 Å². The second kappa shape index (κ2) is 5.08. The summed E-state index contributed by atoms with van der Waals surface area (Å²) in [6.07, 6.45) is 2.80. The number of aliphatic hydroxyl groups is 1. The van der Waals surface area contributed by atoms with Gasteiger partial charge >= 0.3 is 0 Å². The molecule has 0 aliphatic heterocycles. The van der Waals surface area contributed by atoms with Gasteiger partial charge in [0.25, 0.3) is 0 Å². The number of carbonyl (C=O) groups is 1. The molecule has 0 fully saturated rings. The van der Waals surface area contributed by atoms with E-state index in [1.165, 1.54) is 0 Å². The van der Waals surface area contributed by atoms with Gasteiger partial charge in [-0.1, -0.05) is 19.9 Å². The highest BCUT2D eigenvalue weighted by molar-refractivity contribution is 5.71. The topological polar surface area (TPSA) is 37.3 Å². The van der Waals surface area contributed by atoms with Crippen LogP contribution >= 0.6 is 0 Å². The van der Waals surface area contributed by atoms with Gasteiger partial charge in [-0.25, -0.2) is 0 Å². The lowest BCUT2D eigenvalue weighted by atomic mass is 10.0. The summed E-state index contributed by atoms with van der Waals surface area (Å²) >= 11 is 0. The number of aliphatic hydroxyl groups excluding tert-OH is 1. The monoisotopic (exact) mass is 156 g/mol. The van der Waals surface area contributed by atoms with Gasteiger partial charge in [-0.05, 0) is 24.8 Å². The van der Waals surface area contributed by atoms with Crippen molar-refractivity contribution in [1.29, 1.82) is 0 Å². The number of carbonyl (C=O) groups excluding carboxylic acids is 1. The van der Waals surface area contributed by atoms with Crippen LogP contribution in [0.15, 0.2) is 11.6 Å². The first-order valence-electron chi connectivity index (χ1n) is 3.88. The molecule has 0 aliphatic rings. The minimum atomic E-state index is -0.329. The highest BCUT2D eigenvalue weighted by Gasteiger charge is 2.06. The Bertz CT molecular complexity index is 148. The molecule has 0 saturated heterocycles. The zero-order valence-corrected chi connectivity index (χ0v) is 7.37. The number of rotatable bonds is 4. The third kappa shape index (κ3) is 4.73. The van der Waals surface area contributed by atoms with E-state index in [2.05, 4.69) is 0 Å². The van der Waals surface area contributed by atoms with Gasteiger partial charge in [0.1, 0.15) is 6.29 Å². The molecular formula is C9H16O2. The van der Waals surface area contributed by atoms with Crippen LogP contribution in [0.3, 0.4) is 0 Å². The van der Waals surface area contributed by atoms with Crippen molar-refractivity contribution in [2.24, 2.45) is 5.92 Å². The van der Waals surface area contributed by atoms with E-state index in [0.29, 0.717) is 12.0 Å². The van der Waals surface area contributed by atoms with Crippen molar-refractivity contribution in [2.75, 3.05) is 0 Å². The van der Waals surface area contributed by atoms with Crippen molar-refractivity contribution in [3.63, 3.8) is 0 Å². The van der Waals surface area contributed by atoms with Gasteiger partial charge in [-0.15, -0.1) is 0 Å². The molecule has 0 rings (SSSR count). The standard InChI is InChI=1S/C9H16O2/c1-7(2)9(11)5-4-8(3)6-10/h4,6-7,9,11H,5H2,1-3H3. The zero-order valence-electron chi connectivity index (χ0n) is 7.37. The Kier molecular flexibility index (Phi) is 4.79. The maximum atomic E-state index is 10.1. The van der Waals surface area contributed by atoms with Crippen LogP contribution in [0.25, 0.3) is 0 Å². The number of allylic oxidation sites excluding steroid dienone is 1. The second-order valence-electron chi connectivity index (χ2n) is 3.11. The van der Waals surface area contributed by atoms with Crippen molar-refractivity contribution in [1.82, 2.24) is 0 Å². The molecule has 0 aromatic rings. The summed E-state index contributed by atoms with van der Waals surface area (Å²) in [5.74, 6) is 0.255. The van der Waals surface area contributed by atoms with Crippen LogP contribution in [0.4, 0.5) is 0 Å². The molecule has 1 N–H and O–H groups in total. The molecule has 1 atom stereocenters. The van der Waals surface area contributed by atoms with Crippen molar-refractivity contribution in [3.05, 3.63) is 11.6 Å². The van der Waals surface area contributed by atoms with E-state index in [4.69, 9.17) is 0 Å². The summed E-state index contributed by atoms with van der Waals surface area (Å²) in [4.78, 5) is 10.1. The maximum Gasteiger partial charge on any atom is 0.145 e. The van der Waals surface area contributed by atoms with Crippen LogP contribution < -0.4 is 0 Å². The van der Waals surface area contributed by atoms with E-state index >= 15 is 0 Å². The van der Waals surface area contributed by atoms with Crippen LogP contribution in [0, 0.1) is 5.92 Å². The van der Waals surface area contributed by atoms with Crippen LogP contribution in [-0.2, 0) is 4.79 Å². The fourth-order valence-corrected chi connectivity index (χ4v) is 0.627. The van der Waals surface area contributed by atoms with Crippen LogP contribution in [-0.4, -0.2) is 17.5 Å². The number of hydrogen-bond donors (Lipinski definition) is 1. The SMILES string of the molecule is CC(C=O)=CCC(O)C(C)C. The van der Waals surface area contributed by atoms with Gasteiger partial charge < -0.3 is 5.11 Å². The van der Waals surface area contributed by atoms with Crippen LogP contribution in [0.2, 0.25) is 0 Å². The molecule has 0 aromatic heterocycles. The third-order valence-electron chi connectivity index (χ3n) is 1.64. The largest absolute Gasteiger partial charge is 0.393 e. The highest BCUT2D eigenvalue weighted by atomic mass is 16.3. The Morgan fingerprint density at radius 2 is 2.09 bits per heavy atom. The molecule has 0 aliphatic carbocycles. The first kappa shape index (κ1) is 10.4. The summed E-state index contributed by atoms with van der Waals surface area (Å²) in [5.41, 5.74) is 0.685. The molecular weight excluding hydrogens is 140 g/mol. The Morgan fingerprint density at radius 1 is 1.55 bits per heavy atom. The smallest absolute Gasteiger partial charge is 0.145 e. The van der Waals surface area contributed by atoms with Crippen molar-refractivity contribution >= 4 is 6.29 Å². The normalized spacial score (nSPS) is 15.2. The van der Waals surface area contributed by atoms with Crippen LogP contribution in [0.1, 0.15) is 27.2 Å². The van der Waals surface area contributed by atoms with E-state index in [-0.39, 0.29) is 12.0 Å². The third-order valence-corrected chi connectivity index (χ3v) is 1.64. The molecule has 0 bridgehead atoms. The minimum Gasteiger partial charge on any atom is -0.393 e. The van der Waals surface area contributed by atoms with Gasteiger partial charge in [0.15, 0.2) is 0 Å². The van der Waals surface area contributed by atoms with E-state index < -0.39 is 0 Å². The van der Waals surface area contributed by atoms with E-state index in [1.54, 1.807) is 13.0 Å². The van der Waals surface area contributed by atoms with E-state index in [0.717, 1.165) is 6.29 Å². The molecule has 64 valence electrons. The van der Waals surface area contributed by atoms with Gasteiger partial charge in [0.2, 0.25) is 0 Å². The fraction of sp³-hybridized carbons (Fsp3) is 0.667. The van der Waals surface area contributed by atoms with E-state index in [9.17, 15) is 9.90 Å². The summed E-state index contributed by atoms with van der Waals surface area (Å²) in [5, 5.41) is 9.31. The molecule has 0 amide bonds. The van der Waals surface area contributed by atoms with Gasteiger partial charge in [0, 0.05) is 0 Å². The minimum absolute atomic E-state index is 0.255. The average molecular weight is 156 g/mol. The Balaban J connectivity index is 3.77. The number of aldehydes is 1. The first-order valence-corrected chi connectivity index (χ1v) is 3.88. The predicted molar refractivity (Wildman–Crippen MR) is 45.3 cm³/mol. The summed E-state index contributed by atoms with van der Waals surface area (Å²) < 4.78 is 0. The van der Waals surface area contributed by atoms with Crippen molar-refractivity contribution in [3.8, 4) is 0 Å². The summed E-state index contributed by atoms with van der Waals surface area (Å²) in [6, 6.07) is 0. The second-order valence-corrected chi connectivity index (χ2v) is 3.11. The lowest BCUT2D eigenvalue weighted by Crippen LogP contribution is -2.13. The zero-order chi connectivity index (χ0) is 8.85. The fourth-order valence-electron chi connectivity index (χ4n) is 0.627. The molecule has 0 saturated carbocycles. The van der Waals surface area contributed by atoms with Gasteiger partial charge in [0.05, 0.1) is 6.10 Å². The average Bonchev–Trinajstić information content (AvgIpc) is 1.99. The summed E-state index contributed by atoms with van der Waals surface area (Å²) in [6.45, 7) is 5.64. The highest BCUT2D eigenvalue weighted by Crippen LogP contribution is 2.06. The molecule has 2 nitrogen and oxygen atoms in total. The van der Waals surface area contributed by atoms with Gasteiger partial charge in [-0.2, -0.15) is 0 Å². The molecule has 1 unspecified atom stereocenters. The predicted octanol–water partition coefficient (Wildman–Crippen LogP) is 1.54. The molecule has 2 heteroatoms. The molecule has 0 aromatic carbocycles.